The molecule has 0 aliphatic rings. The SMILES string of the molecule is Cn1c(CNCC(C)(C)C)cc2cc(NC(=O)c3ccc(Br)cc3)ccc21. The normalized spacial score (nSPS) is 11.7. The third-order valence-corrected chi connectivity index (χ3v) is 5.00. The number of amides is 1. The topological polar surface area (TPSA) is 46.1 Å². The number of hydrogen-bond acceptors (Lipinski definition) is 2. The van der Waals surface area contributed by atoms with Crippen molar-refractivity contribution in [3.8, 4) is 0 Å². The number of aryl methyl sites for hydroxylation is 1. The molecular weight excluding hydrogens is 402 g/mol. The molecule has 2 N–H and O–H groups in total. The van der Waals surface area contributed by atoms with Gasteiger partial charge >= 0.3 is 0 Å². The zero-order valence-corrected chi connectivity index (χ0v) is 17.9. The lowest BCUT2D eigenvalue weighted by atomic mass is 9.97. The van der Waals surface area contributed by atoms with Crippen molar-refractivity contribution in [2.45, 2.75) is 27.3 Å². The fraction of sp³-hybridized carbons (Fsp3) is 0.318. The average Bonchev–Trinajstić information content (AvgIpc) is 2.90. The van der Waals surface area contributed by atoms with Crippen LogP contribution in [0.15, 0.2) is 53.0 Å². The van der Waals surface area contributed by atoms with Gasteiger partial charge in [0.15, 0.2) is 0 Å². The Kier molecular flexibility index (Phi) is 5.72. The highest BCUT2D eigenvalue weighted by Gasteiger charge is 2.12. The standard InChI is InChI=1S/C22H26BrN3O/c1-22(2,3)14-24-13-19-12-16-11-18(9-10-20(16)26(19)4)25-21(27)15-5-7-17(23)8-6-15/h5-12,24H,13-14H2,1-4H3,(H,25,27). The first-order chi connectivity index (χ1) is 12.7. The van der Waals surface area contributed by atoms with Crippen LogP contribution in [0.4, 0.5) is 5.69 Å². The van der Waals surface area contributed by atoms with Gasteiger partial charge in [0.2, 0.25) is 0 Å². The summed E-state index contributed by atoms with van der Waals surface area (Å²) in [7, 11) is 2.08. The lowest BCUT2D eigenvalue weighted by molar-refractivity contribution is 0.102. The second kappa shape index (κ2) is 7.87. The van der Waals surface area contributed by atoms with Crippen molar-refractivity contribution in [1.29, 1.82) is 0 Å². The summed E-state index contributed by atoms with van der Waals surface area (Å²) in [5, 5.41) is 7.63. The molecule has 3 rings (SSSR count). The molecule has 0 radical (unpaired) electrons. The summed E-state index contributed by atoms with van der Waals surface area (Å²) in [4.78, 5) is 12.4. The van der Waals surface area contributed by atoms with Crippen LogP contribution in [0.1, 0.15) is 36.8 Å². The van der Waals surface area contributed by atoms with Crippen molar-refractivity contribution in [2.24, 2.45) is 12.5 Å². The molecule has 0 aliphatic carbocycles. The fourth-order valence-electron chi connectivity index (χ4n) is 3.02. The highest BCUT2D eigenvalue weighted by molar-refractivity contribution is 9.10. The predicted molar refractivity (Wildman–Crippen MR) is 116 cm³/mol. The third-order valence-electron chi connectivity index (χ3n) is 4.47. The van der Waals surface area contributed by atoms with E-state index < -0.39 is 0 Å². The summed E-state index contributed by atoms with van der Waals surface area (Å²) < 4.78 is 3.16. The Bertz CT molecular complexity index is 952. The average molecular weight is 428 g/mol. The Balaban J connectivity index is 1.75. The van der Waals surface area contributed by atoms with Crippen LogP contribution in [0.25, 0.3) is 10.9 Å². The monoisotopic (exact) mass is 427 g/mol. The highest BCUT2D eigenvalue weighted by Crippen LogP contribution is 2.23. The molecule has 1 aromatic heterocycles. The van der Waals surface area contributed by atoms with Gasteiger partial charge in [-0.1, -0.05) is 36.7 Å². The van der Waals surface area contributed by atoms with Crippen LogP contribution in [-0.2, 0) is 13.6 Å². The number of carbonyl (C=O) groups excluding carboxylic acids is 1. The van der Waals surface area contributed by atoms with E-state index in [1.807, 2.05) is 24.3 Å². The number of nitrogens with zero attached hydrogens (tertiary/aromatic N) is 1. The first-order valence-corrected chi connectivity index (χ1v) is 9.88. The summed E-state index contributed by atoms with van der Waals surface area (Å²) >= 11 is 3.39. The minimum Gasteiger partial charge on any atom is -0.346 e. The van der Waals surface area contributed by atoms with E-state index >= 15 is 0 Å². The van der Waals surface area contributed by atoms with Crippen LogP contribution < -0.4 is 10.6 Å². The molecule has 142 valence electrons. The lowest BCUT2D eigenvalue weighted by Gasteiger charge is -2.18. The fourth-order valence-corrected chi connectivity index (χ4v) is 3.29. The van der Waals surface area contributed by atoms with Gasteiger partial charge in [0.25, 0.3) is 5.91 Å². The van der Waals surface area contributed by atoms with E-state index in [0.717, 1.165) is 34.2 Å². The first kappa shape index (κ1) is 19.6. The lowest BCUT2D eigenvalue weighted by Crippen LogP contribution is -2.27. The van der Waals surface area contributed by atoms with Crippen molar-refractivity contribution in [3.05, 3.63) is 64.3 Å². The molecule has 0 bridgehead atoms. The molecule has 1 heterocycles. The van der Waals surface area contributed by atoms with Crippen molar-refractivity contribution >= 4 is 38.4 Å². The van der Waals surface area contributed by atoms with Crippen molar-refractivity contribution in [2.75, 3.05) is 11.9 Å². The first-order valence-electron chi connectivity index (χ1n) is 9.09. The molecule has 0 unspecified atom stereocenters. The number of aromatic nitrogens is 1. The Morgan fingerprint density at radius 2 is 1.78 bits per heavy atom. The Morgan fingerprint density at radius 1 is 1.07 bits per heavy atom. The van der Waals surface area contributed by atoms with E-state index in [2.05, 4.69) is 71.1 Å². The second-order valence-electron chi connectivity index (χ2n) is 8.09. The maximum absolute atomic E-state index is 12.4. The molecule has 5 heteroatoms. The summed E-state index contributed by atoms with van der Waals surface area (Å²) in [6.45, 7) is 8.46. The Hall–Kier alpha value is -2.11. The quantitative estimate of drug-likeness (QED) is 0.577. The Labute approximate surface area is 169 Å². The van der Waals surface area contributed by atoms with E-state index in [1.54, 1.807) is 12.1 Å². The van der Waals surface area contributed by atoms with Crippen molar-refractivity contribution < 1.29 is 4.79 Å². The maximum atomic E-state index is 12.4. The zero-order chi connectivity index (χ0) is 19.6. The largest absolute Gasteiger partial charge is 0.346 e. The number of carbonyl (C=O) groups is 1. The number of anilines is 1. The smallest absolute Gasteiger partial charge is 0.255 e. The molecule has 0 aliphatic heterocycles. The van der Waals surface area contributed by atoms with Gasteiger partial charge in [0.05, 0.1) is 0 Å². The number of nitrogens with one attached hydrogen (secondary N) is 2. The van der Waals surface area contributed by atoms with Crippen molar-refractivity contribution in [3.63, 3.8) is 0 Å². The minimum absolute atomic E-state index is 0.107. The van der Waals surface area contributed by atoms with Gasteiger partial charge in [-0.3, -0.25) is 4.79 Å². The van der Waals surface area contributed by atoms with Crippen molar-refractivity contribution in [1.82, 2.24) is 9.88 Å². The molecule has 0 fully saturated rings. The summed E-state index contributed by atoms with van der Waals surface area (Å²) in [6, 6.07) is 15.6. The molecule has 4 nitrogen and oxygen atoms in total. The van der Waals surface area contributed by atoms with E-state index in [1.165, 1.54) is 5.69 Å². The molecule has 27 heavy (non-hydrogen) atoms. The molecule has 0 spiro atoms. The number of rotatable bonds is 5. The molecule has 0 saturated heterocycles. The predicted octanol–water partition coefficient (Wildman–Crippen LogP) is 5.33. The van der Waals surface area contributed by atoms with E-state index in [9.17, 15) is 4.79 Å². The summed E-state index contributed by atoms with van der Waals surface area (Å²) in [5.41, 5.74) is 4.08. The van der Waals surface area contributed by atoms with E-state index in [4.69, 9.17) is 0 Å². The Morgan fingerprint density at radius 3 is 2.44 bits per heavy atom. The second-order valence-corrected chi connectivity index (χ2v) is 9.01. The van der Waals surface area contributed by atoms with Crippen LogP contribution >= 0.6 is 15.9 Å². The van der Waals surface area contributed by atoms with E-state index in [0.29, 0.717) is 5.56 Å². The number of halogens is 1. The van der Waals surface area contributed by atoms with Gasteiger partial charge in [0.1, 0.15) is 0 Å². The van der Waals surface area contributed by atoms with Gasteiger partial charge in [-0.2, -0.15) is 0 Å². The van der Waals surface area contributed by atoms with Crippen LogP contribution in [0.3, 0.4) is 0 Å². The van der Waals surface area contributed by atoms with Gasteiger partial charge in [-0.15, -0.1) is 0 Å². The summed E-state index contributed by atoms with van der Waals surface area (Å²) in [6.07, 6.45) is 0. The molecule has 0 atom stereocenters. The minimum atomic E-state index is -0.107. The number of benzene rings is 2. The van der Waals surface area contributed by atoms with Crippen LogP contribution in [0, 0.1) is 5.41 Å². The third kappa shape index (κ3) is 4.99. The maximum Gasteiger partial charge on any atom is 0.255 e. The van der Waals surface area contributed by atoms with Crippen LogP contribution in [0.2, 0.25) is 0 Å². The molecule has 0 saturated carbocycles. The molecular formula is C22H26BrN3O. The van der Waals surface area contributed by atoms with Crippen LogP contribution in [0.5, 0.6) is 0 Å². The summed E-state index contributed by atoms with van der Waals surface area (Å²) in [5.74, 6) is -0.107. The van der Waals surface area contributed by atoms with Gasteiger partial charge < -0.3 is 15.2 Å². The number of fused-ring (bicyclic) bond motifs is 1. The molecule has 3 aromatic rings. The molecule has 1 amide bonds. The van der Waals surface area contributed by atoms with E-state index in [-0.39, 0.29) is 11.3 Å². The van der Waals surface area contributed by atoms with Gasteiger partial charge in [-0.25, -0.2) is 0 Å². The van der Waals surface area contributed by atoms with Gasteiger partial charge in [0, 0.05) is 52.5 Å². The van der Waals surface area contributed by atoms with Gasteiger partial charge in [-0.05, 0) is 53.9 Å². The molecule has 2 aromatic carbocycles. The highest BCUT2D eigenvalue weighted by atomic mass is 79.9. The zero-order valence-electron chi connectivity index (χ0n) is 16.3. The number of hydrogen-bond donors (Lipinski definition) is 2. The van der Waals surface area contributed by atoms with Crippen LogP contribution in [-0.4, -0.2) is 17.0 Å².